The van der Waals surface area contributed by atoms with Crippen LogP contribution in [0.5, 0.6) is 0 Å². The molecule has 0 aliphatic rings. The Labute approximate surface area is 110 Å². The largest absolute Gasteiger partial charge is 0.339 e. The van der Waals surface area contributed by atoms with Crippen molar-refractivity contribution in [3.05, 3.63) is 47.4 Å². The molecular formula is C14H15FN2O2. The molecule has 0 radical (unpaired) electrons. The summed E-state index contributed by atoms with van der Waals surface area (Å²) in [5, 5.41) is 3.91. The third-order valence-corrected chi connectivity index (χ3v) is 2.99. The summed E-state index contributed by atoms with van der Waals surface area (Å²) in [7, 11) is 0. The number of carbonyl (C=O) groups is 1. The number of rotatable bonds is 4. The molecule has 0 unspecified atom stereocenters. The van der Waals surface area contributed by atoms with Gasteiger partial charge in [-0.25, -0.2) is 4.39 Å². The van der Waals surface area contributed by atoms with E-state index >= 15 is 0 Å². The van der Waals surface area contributed by atoms with Gasteiger partial charge in [0.05, 0.1) is 11.8 Å². The second-order valence-corrected chi connectivity index (χ2v) is 5.02. The van der Waals surface area contributed by atoms with Gasteiger partial charge in [0.25, 0.3) is 0 Å². The molecule has 1 aromatic carbocycles. The van der Waals surface area contributed by atoms with Gasteiger partial charge in [-0.15, -0.1) is 0 Å². The number of hydrogen-bond donors (Lipinski definition) is 0. The van der Waals surface area contributed by atoms with Crippen molar-refractivity contribution in [1.82, 2.24) is 10.1 Å². The van der Waals surface area contributed by atoms with Crippen molar-refractivity contribution in [3.8, 4) is 0 Å². The summed E-state index contributed by atoms with van der Waals surface area (Å²) in [5.41, 5.74) is 0.371. The Morgan fingerprint density at radius 1 is 1.32 bits per heavy atom. The zero-order valence-corrected chi connectivity index (χ0v) is 11.1. The molecule has 100 valence electrons. The molecule has 1 heterocycles. The van der Waals surface area contributed by atoms with Crippen LogP contribution in [0.25, 0.3) is 0 Å². The van der Waals surface area contributed by atoms with Crippen LogP contribution in [-0.2, 0) is 16.6 Å². The van der Waals surface area contributed by atoms with Crippen molar-refractivity contribution in [2.45, 2.75) is 32.6 Å². The maximum Gasteiger partial charge on any atom is 0.234 e. The zero-order chi connectivity index (χ0) is 14.0. The van der Waals surface area contributed by atoms with Gasteiger partial charge >= 0.3 is 0 Å². The third-order valence-electron chi connectivity index (χ3n) is 2.99. The van der Waals surface area contributed by atoms with Crippen molar-refractivity contribution in [2.75, 3.05) is 0 Å². The van der Waals surface area contributed by atoms with Crippen LogP contribution in [0.2, 0.25) is 0 Å². The number of Topliss-reactive ketones (excluding diaryl/α,β-unsaturated/α-hetero) is 1. The fourth-order valence-electron chi connectivity index (χ4n) is 1.79. The van der Waals surface area contributed by atoms with Gasteiger partial charge < -0.3 is 4.52 Å². The van der Waals surface area contributed by atoms with E-state index in [1.807, 2.05) is 13.8 Å². The first kappa shape index (κ1) is 13.4. The van der Waals surface area contributed by atoms with E-state index in [4.69, 9.17) is 4.52 Å². The number of aromatic nitrogens is 2. The lowest BCUT2D eigenvalue weighted by Gasteiger charge is -2.20. The van der Waals surface area contributed by atoms with E-state index in [2.05, 4.69) is 10.1 Å². The zero-order valence-electron chi connectivity index (χ0n) is 11.1. The first-order chi connectivity index (χ1) is 8.89. The van der Waals surface area contributed by atoms with Gasteiger partial charge in [-0.1, -0.05) is 17.3 Å². The summed E-state index contributed by atoms with van der Waals surface area (Å²) < 4.78 is 18.0. The molecule has 0 bridgehead atoms. The minimum Gasteiger partial charge on any atom is -0.339 e. The van der Waals surface area contributed by atoms with Crippen LogP contribution in [0.15, 0.2) is 28.8 Å². The maximum absolute atomic E-state index is 12.9. The van der Waals surface area contributed by atoms with Crippen molar-refractivity contribution in [2.24, 2.45) is 0 Å². The molecule has 0 fully saturated rings. The van der Waals surface area contributed by atoms with Gasteiger partial charge in [-0.05, 0) is 38.5 Å². The molecule has 19 heavy (non-hydrogen) atoms. The molecule has 0 saturated heterocycles. The molecule has 0 aliphatic carbocycles. The van der Waals surface area contributed by atoms with E-state index in [-0.39, 0.29) is 18.0 Å². The second-order valence-electron chi connectivity index (χ2n) is 5.02. The van der Waals surface area contributed by atoms with Crippen molar-refractivity contribution >= 4 is 5.78 Å². The first-order valence-electron chi connectivity index (χ1n) is 5.98. The number of hydrogen-bond acceptors (Lipinski definition) is 4. The minimum atomic E-state index is -0.508. The first-order valence-corrected chi connectivity index (χ1v) is 5.98. The lowest BCUT2D eigenvalue weighted by molar-refractivity contribution is -0.116. The van der Waals surface area contributed by atoms with Crippen molar-refractivity contribution in [3.63, 3.8) is 0 Å². The van der Waals surface area contributed by atoms with Crippen LogP contribution in [0.1, 0.15) is 38.0 Å². The molecule has 0 spiro atoms. The van der Waals surface area contributed by atoms with Crippen molar-refractivity contribution < 1.29 is 13.7 Å². The molecule has 5 heteroatoms. The highest BCUT2D eigenvalue weighted by molar-refractivity contribution is 5.77. The van der Waals surface area contributed by atoms with Crippen LogP contribution < -0.4 is 0 Å². The van der Waals surface area contributed by atoms with E-state index in [9.17, 15) is 9.18 Å². The molecule has 0 N–H and O–H groups in total. The fraction of sp³-hybridized carbons (Fsp3) is 0.357. The van der Waals surface area contributed by atoms with Gasteiger partial charge in [0.15, 0.2) is 5.82 Å². The van der Waals surface area contributed by atoms with Gasteiger partial charge in [0.2, 0.25) is 5.89 Å². The molecule has 2 rings (SSSR count). The fourth-order valence-corrected chi connectivity index (χ4v) is 1.79. The molecule has 2 aromatic rings. The summed E-state index contributed by atoms with van der Waals surface area (Å²) >= 11 is 0. The highest BCUT2D eigenvalue weighted by atomic mass is 19.1. The number of halogens is 1. The highest BCUT2D eigenvalue weighted by Gasteiger charge is 2.29. The molecule has 4 nitrogen and oxygen atoms in total. The van der Waals surface area contributed by atoms with E-state index in [0.717, 1.165) is 5.56 Å². The standard InChI is InChI=1S/C14H15FN2O2/c1-9(18)8-12-16-13(17-19-12)14(2,3)10-4-6-11(15)7-5-10/h4-7H,8H2,1-3H3. The lowest BCUT2D eigenvalue weighted by atomic mass is 9.84. The maximum atomic E-state index is 12.9. The molecule has 0 amide bonds. The van der Waals surface area contributed by atoms with Crippen LogP contribution in [0.3, 0.4) is 0 Å². The Kier molecular flexibility index (Phi) is 3.46. The van der Waals surface area contributed by atoms with E-state index < -0.39 is 5.41 Å². The predicted octanol–water partition coefficient (Wildman–Crippen LogP) is 2.67. The Bertz CT molecular complexity index is 588. The summed E-state index contributed by atoms with van der Waals surface area (Å²) in [6.07, 6.45) is 0.131. The normalized spacial score (nSPS) is 11.6. The van der Waals surface area contributed by atoms with Crippen LogP contribution in [0, 0.1) is 5.82 Å². The van der Waals surface area contributed by atoms with Gasteiger partial charge in [0.1, 0.15) is 11.6 Å². The lowest BCUT2D eigenvalue weighted by Crippen LogP contribution is -2.20. The van der Waals surface area contributed by atoms with Crippen LogP contribution >= 0.6 is 0 Å². The SMILES string of the molecule is CC(=O)Cc1nc(C(C)(C)c2ccc(F)cc2)no1. The summed E-state index contributed by atoms with van der Waals surface area (Å²) in [5.74, 6) is 0.466. The smallest absolute Gasteiger partial charge is 0.234 e. The molecule has 1 aromatic heterocycles. The Morgan fingerprint density at radius 3 is 2.53 bits per heavy atom. The van der Waals surface area contributed by atoms with Crippen LogP contribution in [0.4, 0.5) is 4.39 Å². The highest BCUT2D eigenvalue weighted by Crippen LogP contribution is 2.29. The minimum absolute atomic E-state index is 0.0326. The predicted molar refractivity (Wildman–Crippen MR) is 67.2 cm³/mol. The topological polar surface area (TPSA) is 56.0 Å². The molecule has 0 atom stereocenters. The quantitative estimate of drug-likeness (QED) is 0.850. The number of benzene rings is 1. The molecular weight excluding hydrogens is 247 g/mol. The summed E-state index contributed by atoms with van der Waals surface area (Å²) in [6, 6.07) is 6.17. The summed E-state index contributed by atoms with van der Waals surface area (Å²) in [4.78, 5) is 15.2. The van der Waals surface area contributed by atoms with E-state index in [0.29, 0.717) is 11.7 Å². The Morgan fingerprint density at radius 2 is 1.95 bits per heavy atom. The van der Waals surface area contributed by atoms with E-state index in [1.54, 1.807) is 12.1 Å². The average Bonchev–Trinajstić information content (AvgIpc) is 2.78. The Hall–Kier alpha value is -2.04. The van der Waals surface area contributed by atoms with Gasteiger partial charge in [-0.2, -0.15) is 4.98 Å². The second kappa shape index (κ2) is 4.91. The van der Waals surface area contributed by atoms with Gasteiger partial charge in [-0.3, -0.25) is 4.79 Å². The Balaban J connectivity index is 2.30. The van der Waals surface area contributed by atoms with Crippen LogP contribution in [-0.4, -0.2) is 15.9 Å². The average molecular weight is 262 g/mol. The number of carbonyl (C=O) groups excluding carboxylic acids is 1. The summed E-state index contributed by atoms with van der Waals surface area (Å²) in [6.45, 7) is 5.31. The third kappa shape index (κ3) is 2.86. The number of ketones is 1. The van der Waals surface area contributed by atoms with Crippen molar-refractivity contribution in [1.29, 1.82) is 0 Å². The number of nitrogens with zero attached hydrogens (tertiary/aromatic N) is 2. The van der Waals surface area contributed by atoms with Gasteiger partial charge in [0, 0.05) is 0 Å². The van der Waals surface area contributed by atoms with E-state index in [1.165, 1.54) is 19.1 Å². The monoisotopic (exact) mass is 262 g/mol. The molecule has 0 aliphatic heterocycles. The molecule has 0 saturated carbocycles.